The molecule has 0 unspecified atom stereocenters. The standard InChI is InChI=1S/C9H14F3NO/c10-9(11,12)7-1-3-13(4-2-7)5-8-6-14-8/h7-8H,1-6H2/t8-/m0/s1. The molecular weight excluding hydrogens is 195 g/mol. The maximum absolute atomic E-state index is 12.3. The monoisotopic (exact) mass is 209 g/mol. The molecule has 0 aromatic heterocycles. The number of epoxide rings is 1. The maximum Gasteiger partial charge on any atom is 0.391 e. The molecule has 82 valence electrons. The van der Waals surface area contributed by atoms with Crippen molar-refractivity contribution in [1.29, 1.82) is 0 Å². The van der Waals surface area contributed by atoms with Gasteiger partial charge < -0.3 is 9.64 Å². The zero-order valence-electron chi connectivity index (χ0n) is 7.89. The Labute approximate surface area is 81.0 Å². The normalized spacial score (nSPS) is 30.6. The number of nitrogens with zero attached hydrogens (tertiary/aromatic N) is 1. The minimum absolute atomic E-state index is 0.246. The molecule has 5 heteroatoms. The summed E-state index contributed by atoms with van der Waals surface area (Å²) in [5.74, 6) is -1.08. The van der Waals surface area contributed by atoms with Gasteiger partial charge in [-0.2, -0.15) is 13.2 Å². The fraction of sp³-hybridized carbons (Fsp3) is 1.00. The average molecular weight is 209 g/mol. The quantitative estimate of drug-likeness (QED) is 0.643. The van der Waals surface area contributed by atoms with Crippen molar-refractivity contribution in [3.63, 3.8) is 0 Å². The molecule has 2 aliphatic heterocycles. The third kappa shape index (κ3) is 2.60. The van der Waals surface area contributed by atoms with Gasteiger partial charge in [0.1, 0.15) is 0 Å². The molecule has 2 nitrogen and oxygen atoms in total. The number of alkyl halides is 3. The Morgan fingerprint density at radius 2 is 1.79 bits per heavy atom. The van der Waals surface area contributed by atoms with E-state index in [1.165, 1.54) is 0 Å². The van der Waals surface area contributed by atoms with Crippen molar-refractivity contribution in [2.24, 2.45) is 5.92 Å². The first-order valence-electron chi connectivity index (χ1n) is 4.96. The number of hydrogen-bond acceptors (Lipinski definition) is 2. The van der Waals surface area contributed by atoms with Crippen LogP contribution in [0, 0.1) is 5.92 Å². The summed E-state index contributed by atoms with van der Waals surface area (Å²) in [4.78, 5) is 2.07. The van der Waals surface area contributed by atoms with Gasteiger partial charge in [0.15, 0.2) is 0 Å². The lowest BCUT2D eigenvalue weighted by Gasteiger charge is -2.32. The van der Waals surface area contributed by atoms with Crippen LogP contribution >= 0.6 is 0 Å². The van der Waals surface area contributed by atoms with Gasteiger partial charge in [-0.1, -0.05) is 0 Å². The highest BCUT2D eigenvalue weighted by molar-refractivity contribution is 4.81. The molecule has 1 atom stereocenters. The fourth-order valence-electron chi connectivity index (χ4n) is 1.90. The number of ether oxygens (including phenoxy) is 1. The van der Waals surface area contributed by atoms with Crippen molar-refractivity contribution < 1.29 is 17.9 Å². The smallest absolute Gasteiger partial charge is 0.372 e. The average Bonchev–Trinajstić information content (AvgIpc) is 2.88. The van der Waals surface area contributed by atoms with Gasteiger partial charge in [-0.15, -0.1) is 0 Å². The predicted octanol–water partition coefficient (Wildman–Crippen LogP) is 1.66. The molecule has 0 aliphatic carbocycles. The highest BCUT2D eigenvalue weighted by Crippen LogP contribution is 2.34. The molecule has 2 rings (SSSR count). The van der Waals surface area contributed by atoms with Crippen LogP contribution in [0.15, 0.2) is 0 Å². The summed E-state index contributed by atoms with van der Waals surface area (Å²) in [6.07, 6.45) is -3.22. The number of halogens is 3. The summed E-state index contributed by atoms with van der Waals surface area (Å²) in [7, 11) is 0. The van der Waals surface area contributed by atoms with Gasteiger partial charge in [0.2, 0.25) is 0 Å². The number of piperidine rings is 1. The van der Waals surface area contributed by atoms with Crippen molar-refractivity contribution in [3.8, 4) is 0 Å². The summed E-state index contributed by atoms with van der Waals surface area (Å²) in [6.45, 7) is 2.71. The van der Waals surface area contributed by atoms with Gasteiger partial charge in [-0.25, -0.2) is 0 Å². The largest absolute Gasteiger partial charge is 0.391 e. The van der Waals surface area contributed by atoms with Gasteiger partial charge >= 0.3 is 6.18 Å². The molecule has 0 bridgehead atoms. The fourth-order valence-corrected chi connectivity index (χ4v) is 1.90. The lowest BCUT2D eigenvalue weighted by molar-refractivity contribution is -0.185. The van der Waals surface area contributed by atoms with Gasteiger partial charge in [-0.3, -0.25) is 0 Å². The summed E-state index contributed by atoms with van der Waals surface area (Å²) in [5.41, 5.74) is 0. The summed E-state index contributed by atoms with van der Waals surface area (Å²) in [5, 5.41) is 0. The third-order valence-electron chi connectivity index (χ3n) is 2.91. The SMILES string of the molecule is FC(F)(F)C1CCN(C[C@H]2CO2)CC1. The highest BCUT2D eigenvalue weighted by Gasteiger charge is 2.41. The minimum atomic E-state index is -4.00. The van der Waals surface area contributed by atoms with Crippen LogP contribution in [-0.4, -0.2) is 43.4 Å². The molecule has 0 radical (unpaired) electrons. The summed E-state index contributed by atoms with van der Waals surface area (Å²) < 4.78 is 41.9. The molecule has 0 amide bonds. The topological polar surface area (TPSA) is 15.8 Å². The van der Waals surface area contributed by atoms with E-state index in [1.54, 1.807) is 0 Å². The van der Waals surface area contributed by atoms with E-state index >= 15 is 0 Å². The second-order valence-electron chi connectivity index (χ2n) is 4.07. The van der Waals surface area contributed by atoms with E-state index in [0.717, 1.165) is 13.2 Å². The minimum Gasteiger partial charge on any atom is -0.372 e. The van der Waals surface area contributed by atoms with Crippen molar-refractivity contribution in [3.05, 3.63) is 0 Å². The molecule has 14 heavy (non-hydrogen) atoms. The van der Waals surface area contributed by atoms with E-state index in [-0.39, 0.29) is 18.9 Å². The van der Waals surface area contributed by atoms with Gasteiger partial charge in [-0.05, 0) is 25.9 Å². The van der Waals surface area contributed by atoms with Crippen LogP contribution in [0.3, 0.4) is 0 Å². The maximum atomic E-state index is 12.3. The van der Waals surface area contributed by atoms with E-state index in [1.807, 2.05) is 0 Å². The van der Waals surface area contributed by atoms with Gasteiger partial charge in [0.05, 0.1) is 18.6 Å². The lowest BCUT2D eigenvalue weighted by Crippen LogP contribution is -2.40. The molecule has 2 fully saturated rings. The first-order valence-corrected chi connectivity index (χ1v) is 4.96. The number of hydrogen-bond donors (Lipinski definition) is 0. The van der Waals surface area contributed by atoms with E-state index in [0.29, 0.717) is 13.1 Å². The second kappa shape index (κ2) is 3.70. The zero-order valence-corrected chi connectivity index (χ0v) is 7.89. The Morgan fingerprint density at radius 1 is 1.21 bits per heavy atom. The molecule has 0 saturated carbocycles. The van der Waals surface area contributed by atoms with Crippen LogP contribution < -0.4 is 0 Å². The molecule has 0 aromatic carbocycles. The zero-order chi connectivity index (χ0) is 10.2. The Hall–Kier alpha value is -0.290. The van der Waals surface area contributed by atoms with E-state index < -0.39 is 12.1 Å². The van der Waals surface area contributed by atoms with E-state index in [4.69, 9.17) is 4.74 Å². The molecule has 0 aromatic rings. The van der Waals surface area contributed by atoms with Crippen molar-refractivity contribution in [1.82, 2.24) is 4.90 Å². The van der Waals surface area contributed by atoms with Crippen LogP contribution in [0.4, 0.5) is 13.2 Å². The molecule has 2 saturated heterocycles. The Balaban J connectivity index is 1.74. The van der Waals surface area contributed by atoms with E-state index in [9.17, 15) is 13.2 Å². The van der Waals surface area contributed by atoms with Crippen LogP contribution in [-0.2, 0) is 4.74 Å². The highest BCUT2D eigenvalue weighted by atomic mass is 19.4. The van der Waals surface area contributed by atoms with Crippen molar-refractivity contribution in [2.45, 2.75) is 25.1 Å². The van der Waals surface area contributed by atoms with Gasteiger partial charge in [0, 0.05) is 6.54 Å². The molecule has 2 heterocycles. The molecule has 0 spiro atoms. The van der Waals surface area contributed by atoms with Crippen LogP contribution in [0.5, 0.6) is 0 Å². The van der Waals surface area contributed by atoms with Crippen LogP contribution in [0.25, 0.3) is 0 Å². The Kier molecular flexibility index (Phi) is 2.70. The van der Waals surface area contributed by atoms with Gasteiger partial charge in [0.25, 0.3) is 0 Å². The molecule has 2 aliphatic rings. The van der Waals surface area contributed by atoms with E-state index in [2.05, 4.69) is 4.90 Å². The van der Waals surface area contributed by atoms with Crippen molar-refractivity contribution in [2.75, 3.05) is 26.2 Å². The number of likely N-dealkylation sites (tertiary alicyclic amines) is 1. The first-order chi connectivity index (χ1) is 6.55. The molecular formula is C9H14F3NO. The predicted molar refractivity (Wildman–Crippen MR) is 45.0 cm³/mol. The summed E-state index contributed by atoms with van der Waals surface area (Å²) >= 11 is 0. The summed E-state index contributed by atoms with van der Waals surface area (Å²) in [6, 6.07) is 0. The second-order valence-corrected chi connectivity index (χ2v) is 4.07. The number of rotatable bonds is 2. The lowest BCUT2D eigenvalue weighted by atomic mass is 9.96. The van der Waals surface area contributed by atoms with Crippen LogP contribution in [0.2, 0.25) is 0 Å². The first kappa shape index (κ1) is 10.2. The Bertz CT molecular complexity index is 195. The van der Waals surface area contributed by atoms with Crippen LogP contribution in [0.1, 0.15) is 12.8 Å². The van der Waals surface area contributed by atoms with Crippen molar-refractivity contribution >= 4 is 0 Å². The molecule has 0 N–H and O–H groups in total. The third-order valence-corrected chi connectivity index (χ3v) is 2.91. The Morgan fingerprint density at radius 3 is 2.21 bits per heavy atom.